The Morgan fingerprint density at radius 3 is 2.14 bits per heavy atom. The molecule has 80 valence electrons. The fourth-order valence-corrected chi connectivity index (χ4v) is 2.18. The van der Waals surface area contributed by atoms with Gasteiger partial charge in [0, 0.05) is 13.0 Å². The van der Waals surface area contributed by atoms with E-state index < -0.39 is 0 Å². The predicted molar refractivity (Wildman–Crippen MR) is 54.5 cm³/mol. The Morgan fingerprint density at radius 1 is 1.21 bits per heavy atom. The highest BCUT2D eigenvalue weighted by Gasteiger charge is 2.44. The van der Waals surface area contributed by atoms with Crippen molar-refractivity contribution < 1.29 is 9.59 Å². The molecule has 1 aliphatic rings. The van der Waals surface area contributed by atoms with Crippen molar-refractivity contribution >= 4 is 11.8 Å². The van der Waals surface area contributed by atoms with Gasteiger partial charge in [-0.05, 0) is 18.8 Å². The molecule has 2 unspecified atom stereocenters. The van der Waals surface area contributed by atoms with Crippen molar-refractivity contribution in [2.75, 3.05) is 7.05 Å². The van der Waals surface area contributed by atoms with E-state index in [-0.39, 0.29) is 23.7 Å². The molecule has 14 heavy (non-hydrogen) atoms. The standard InChI is InChI=1S/C11H19NO2/c1-5-8-9(6-7(2)3)11(14)12(4)10(8)13/h7-9H,5-6H2,1-4H3. The summed E-state index contributed by atoms with van der Waals surface area (Å²) in [6.07, 6.45) is 1.60. The number of carbonyl (C=O) groups excluding carboxylic acids is 2. The molecular formula is C11H19NO2. The van der Waals surface area contributed by atoms with Crippen LogP contribution in [0.15, 0.2) is 0 Å². The lowest BCUT2D eigenvalue weighted by Crippen LogP contribution is -2.26. The van der Waals surface area contributed by atoms with Gasteiger partial charge in [-0.1, -0.05) is 20.8 Å². The van der Waals surface area contributed by atoms with E-state index in [4.69, 9.17) is 0 Å². The molecule has 1 rings (SSSR count). The second-order valence-corrected chi connectivity index (χ2v) is 4.49. The van der Waals surface area contributed by atoms with Crippen LogP contribution in [0.25, 0.3) is 0 Å². The highest BCUT2D eigenvalue weighted by Crippen LogP contribution is 2.32. The number of rotatable bonds is 3. The van der Waals surface area contributed by atoms with Gasteiger partial charge in [-0.25, -0.2) is 0 Å². The van der Waals surface area contributed by atoms with Gasteiger partial charge in [0.05, 0.1) is 5.92 Å². The Balaban J connectivity index is 2.81. The summed E-state index contributed by atoms with van der Waals surface area (Å²) in [6.45, 7) is 6.15. The Morgan fingerprint density at radius 2 is 1.71 bits per heavy atom. The van der Waals surface area contributed by atoms with E-state index >= 15 is 0 Å². The van der Waals surface area contributed by atoms with Crippen LogP contribution in [0.5, 0.6) is 0 Å². The average Bonchev–Trinajstić information content (AvgIpc) is 2.31. The summed E-state index contributed by atoms with van der Waals surface area (Å²) in [5, 5.41) is 0. The van der Waals surface area contributed by atoms with Gasteiger partial charge in [-0.15, -0.1) is 0 Å². The van der Waals surface area contributed by atoms with Gasteiger partial charge in [0.15, 0.2) is 0 Å². The minimum Gasteiger partial charge on any atom is -0.285 e. The van der Waals surface area contributed by atoms with Crippen LogP contribution in [-0.4, -0.2) is 23.8 Å². The van der Waals surface area contributed by atoms with E-state index in [1.165, 1.54) is 4.90 Å². The third-order valence-corrected chi connectivity index (χ3v) is 2.95. The lowest BCUT2D eigenvalue weighted by molar-refractivity contribution is -0.138. The number of likely N-dealkylation sites (tertiary alicyclic amines) is 1. The minimum absolute atomic E-state index is 0.00292. The van der Waals surface area contributed by atoms with Gasteiger partial charge >= 0.3 is 0 Å². The minimum atomic E-state index is -0.0742. The number of amides is 2. The lowest BCUT2D eigenvalue weighted by atomic mass is 9.86. The molecule has 1 saturated heterocycles. The van der Waals surface area contributed by atoms with Gasteiger partial charge < -0.3 is 0 Å². The third kappa shape index (κ3) is 1.81. The molecular weight excluding hydrogens is 178 g/mol. The van der Waals surface area contributed by atoms with Crippen LogP contribution < -0.4 is 0 Å². The Labute approximate surface area is 85.5 Å². The Kier molecular flexibility index (Phi) is 3.29. The number of carbonyl (C=O) groups is 2. The van der Waals surface area contributed by atoms with Crippen LogP contribution in [0.4, 0.5) is 0 Å². The van der Waals surface area contributed by atoms with Crippen LogP contribution in [-0.2, 0) is 9.59 Å². The highest BCUT2D eigenvalue weighted by molar-refractivity contribution is 6.04. The van der Waals surface area contributed by atoms with Gasteiger partial charge in [-0.2, -0.15) is 0 Å². The largest absolute Gasteiger partial charge is 0.285 e. The van der Waals surface area contributed by atoms with Gasteiger partial charge in [0.2, 0.25) is 11.8 Å². The zero-order valence-corrected chi connectivity index (χ0v) is 9.41. The Hall–Kier alpha value is -0.860. The molecule has 0 aliphatic carbocycles. The predicted octanol–water partition coefficient (Wildman–Crippen LogP) is 1.67. The number of hydrogen-bond donors (Lipinski definition) is 0. The molecule has 0 saturated carbocycles. The van der Waals surface area contributed by atoms with E-state index in [1.54, 1.807) is 7.05 Å². The van der Waals surface area contributed by atoms with Crippen molar-refractivity contribution in [3.63, 3.8) is 0 Å². The van der Waals surface area contributed by atoms with Gasteiger partial charge in [-0.3, -0.25) is 14.5 Å². The fraction of sp³-hybridized carbons (Fsp3) is 0.818. The van der Waals surface area contributed by atoms with E-state index in [9.17, 15) is 9.59 Å². The monoisotopic (exact) mass is 197 g/mol. The first kappa shape index (κ1) is 11.2. The average molecular weight is 197 g/mol. The van der Waals surface area contributed by atoms with Crippen molar-refractivity contribution in [3.05, 3.63) is 0 Å². The molecule has 0 aromatic carbocycles. The maximum absolute atomic E-state index is 11.7. The first-order chi connectivity index (χ1) is 6.49. The second kappa shape index (κ2) is 4.11. The summed E-state index contributed by atoms with van der Waals surface area (Å²) in [5.74, 6) is 0.336. The van der Waals surface area contributed by atoms with Crippen LogP contribution in [0.2, 0.25) is 0 Å². The number of hydrogen-bond acceptors (Lipinski definition) is 2. The molecule has 1 heterocycles. The Bertz CT molecular complexity index is 248. The van der Waals surface area contributed by atoms with Gasteiger partial charge in [0.1, 0.15) is 0 Å². The molecule has 2 atom stereocenters. The number of nitrogens with zero attached hydrogens (tertiary/aromatic N) is 1. The smallest absolute Gasteiger partial charge is 0.232 e. The summed E-state index contributed by atoms with van der Waals surface area (Å²) >= 11 is 0. The summed E-state index contributed by atoms with van der Waals surface area (Å²) in [6, 6.07) is 0. The zero-order chi connectivity index (χ0) is 10.9. The van der Waals surface area contributed by atoms with E-state index in [2.05, 4.69) is 13.8 Å². The second-order valence-electron chi connectivity index (χ2n) is 4.49. The molecule has 3 nitrogen and oxygen atoms in total. The normalized spacial score (nSPS) is 27.9. The highest BCUT2D eigenvalue weighted by atomic mass is 16.2. The molecule has 0 bridgehead atoms. The van der Waals surface area contributed by atoms with Crippen LogP contribution in [0.1, 0.15) is 33.6 Å². The summed E-state index contributed by atoms with van der Waals surface area (Å²) < 4.78 is 0. The third-order valence-electron chi connectivity index (χ3n) is 2.95. The molecule has 3 heteroatoms. The lowest BCUT2D eigenvalue weighted by Gasteiger charge is -2.15. The topological polar surface area (TPSA) is 37.4 Å². The first-order valence-corrected chi connectivity index (χ1v) is 5.30. The maximum Gasteiger partial charge on any atom is 0.232 e. The van der Waals surface area contributed by atoms with Gasteiger partial charge in [0.25, 0.3) is 0 Å². The van der Waals surface area contributed by atoms with E-state index in [1.807, 2.05) is 6.92 Å². The quantitative estimate of drug-likeness (QED) is 0.645. The van der Waals surface area contributed by atoms with Crippen LogP contribution >= 0.6 is 0 Å². The molecule has 1 fully saturated rings. The van der Waals surface area contributed by atoms with Crippen molar-refractivity contribution in [2.45, 2.75) is 33.6 Å². The van der Waals surface area contributed by atoms with Crippen LogP contribution in [0, 0.1) is 17.8 Å². The molecule has 0 aromatic rings. The van der Waals surface area contributed by atoms with Crippen molar-refractivity contribution in [3.8, 4) is 0 Å². The molecule has 0 spiro atoms. The maximum atomic E-state index is 11.7. The van der Waals surface area contributed by atoms with Crippen molar-refractivity contribution in [2.24, 2.45) is 17.8 Å². The summed E-state index contributed by atoms with van der Waals surface area (Å²) in [7, 11) is 1.59. The van der Waals surface area contributed by atoms with Crippen molar-refractivity contribution in [1.82, 2.24) is 4.90 Å². The van der Waals surface area contributed by atoms with E-state index in [0.29, 0.717) is 5.92 Å². The SMILES string of the molecule is CCC1C(=O)N(C)C(=O)C1CC(C)C. The summed E-state index contributed by atoms with van der Waals surface area (Å²) in [4.78, 5) is 24.7. The number of imide groups is 1. The molecule has 0 aromatic heterocycles. The fourth-order valence-electron chi connectivity index (χ4n) is 2.18. The zero-order valence-electron chi connectivity index (χ0n) is 9.41. The van der Waals surface area contributed by atoms with Crippen molar-refractivity contribution in [1.29, 1.82) is 0 Å². The summed E-state index contributed by atoms with van der Waals surface area (Å²) in [5.41, 5.74) is 0. The molecule has 2 amide bonds. The first-order valence-electron chi connectivity index (χ1n) is 5.30. The van der Waals surface area contributed by atoms with E-state index in [0.717, 1.165) is 12.8 Å². The molecule has 0 N–H and O–H groups in total. The van der Waals surface area contributed by atoms with Crippen LogP contribution in [0.3, 0.4) is 0 Å². The molecule has 1 aliphatic heterocycles. The molecule has 0 radical (unpaired) electrons.